The quantitative estimate of drug-likeness (QED) is 0.0318. The molecular weight excluding hydrogens is 1570 g/mol. The molecule has 0 aromatic rings. The molecule has 9 aliphatic rings. The fourth-order valence-corrected chi connectivity index (χ4v) is 14.9. The zero-order chi connectivity index (χ0) is 84.8. The van der Waals surface area contributed by atoms with Gasteiger partial charge in [-0.15, -0.1) is 0 Å². The first-order chi connectivity index (χ1) is 54.4. The van der Waals surface area contributed by atoms with Gasteiger partial charge in [-0.25, -0.2) is 0 Å². The average Bonchev–Trinajstić information content (AvgIpc) is 0.757. The van der Waals surface area contributed by atoms with Crippen molar-refractivity contribution in [3.05, 3.63) is 0 Å². The van der Waals surface area contributed by atoms with Gasteiger partial charge in [0, 0.05) is 34.6 Å². The highest BCUT2D eigenvalue weighted by atomic mass is 16.8. The van der Waals surface area contributed by atoms with Gasteiger partial charge in [0.25, 0.3) is 0 Å². The summed E-state index contributed by atoms with van der Waals surface area (Å²) in [7, 11) is 0. The first kappa shape index (κ1) is 94.6. The Hall–Kier alpha value is -4.29. The van der Waals surface area contributed by atoms with E-state index in [0.717, 1.165) is 34.6 Å². The van der Waals surface area contributed by atoms with Gasteiger partial charge in [0.15, 0.2) is 56.6 Å². The molecule has 51 heteroatoms. The monoisotopic (exact) mass is 1680 g/mol. The Kier molecular flexibility index (Phi) is 34.1. The third kappa shape index (κ3) is 21.3. The van der Waals surface area contributed by atoms with Gasteiger partial charge < -0.3 is 230 Å². The molecule has 664 valence electrons. The van der Waals surface area contributed by atoms with E-state index in [1.165, 1.54) is 0 Å². The third-order valence-electron chi connectivity index (χ3n) is 20.8. The van der Waals surface area contributed by atoms with Crippen LogP contribution in [0.5, 0.6) is 0 Å². The molecule has 0 saturated carbocycles. The van der Waals surface area contributed by atoms with E-state index in [-0.39, 0.29) is 0 Å². The van der Waals surface area contributed by atoms with E-state index in [1.54, 1.807) is 0 Å². The van der Waals surface area contributed by atoms with E-state index in [1.807, 2.05) is 0 Å². The van der Waals surface area contributed by atoms with E-state index >= 15 is 0 Å². The van der Waals surface area contributed by atoms with Gasteiger partial charge in [0.05, 0.1) is 59.5 Å². The summed E-state index contributed by atoms with van der Waals surface area (Å²) in [6.45, 7) is -5.57. The zero-order valence-electron chi connectivity index (χ0n) is 62.1. The van der Waals surface area contributed by atoms with Crippen LogP contribution in [0.1, 0.15) is 34.6 Å². The van der Waals surface area contributed by atoms with E-state index in [2.05, 4.69) is 26.6 Å². The summed E-state index contributed by atoms with van der Waals surface area (Å²) in [5, 5.41) is 281. The Morgan fingerprint density at radius 3 is 0.861 bits per heavy atom. The molecule has 0 radical (unpaired) electrons. The lowest BCUT2D eigenvalue weighted by Gasteiger charge is -2.52. The number of hydrogen-bond acceptors (Lipinski definition) is 46. The lowest BCUT2D eigenvalue weighted by atomic mass is 9.93. The SMILES string of the molecule is CC(=O)N[C@H]1[C@H](O[C@H]2[C@H](O)[C@@H](NC(C)=O)C(O)O[C@@H]2CO)O[C@H](CO)[C@@H](O[C@H]2O[C@H](CO[C@H]3O[C@H](CO)[C@@H](O)[C@H](O)[C@@H]3O[C@@H]3O[C@H](CO)[C@@H](O)[C@H](O)[C@H]3NC(C)=O)[C@@H](O[C@@H]3O[C@H](CO)[C@@H](O)[C@H](O)[C@H]3NC(C)=O)[C@H](O[C@H]3O[C@H](CO)[C@@H](O)[C@H](O)[C@@H]3O[C@@H]3O[C@H](CO)[C@@H](O[C@@H]4O[C@H](CO)[C@H](O)[C@H](O)[C@H]4O)[C@H](O)[C@H]3NC(C)=O)[C@@H]2O)[C@@H]1O. The van der Waals surface area contributed by atoms with Gasteiger partial charge in [-0.05, 0) is 0 Å². The molecule has 9 heterocycles. The number of ether oxygens (including phenoxy) is 17. The largest absolute Gasteiger partial charge is 0.394 e. The Morgan fingerprint density at radius 2 is 0.478 bits per heavy atom. The summed E-state index contributed by atoms with van der Waals surface area (Å²) in [6.07, 6.45) is -85.8. The van der Waals surface area contributed by atoms with Crippen LogP contribution in [0.25, 0.3) is 0 Å². The number of amides is 5. The van der Waals surface area contributed by atoms with Crippen LogP contribution in [0, 0.1) is 0 Å². The smallest absolute Gasteiger partial charge is 0.217 e. The molecule has 115 heavy (non-hydrogen) atoms. The van der Waals surface area contributed by atoms with E-state index in [4.69, 9.17) is 80.5 Å². The second kappa shape index (κ2) is 41.5. The van der Waals surface area contributed by atoms with Gasteiger partial charge in [-0.2, -0.15) is 0 Å². The molecule has 9 rings (SSSR count). The maximum Gasteiger partial charge on any atom is 0.217 e. The molecule has 9 aliphatic heterocycles. The number of nitrogens with one attached hydrogen (secondary N) is 5. The topological polar surface area (TPSA) is 788 Å². The fraction of sp³-hybridized carbons (Fsp3) is 0.922. The van der Waals surface area contributed by atoms with Crippen molar-refractivity contribution in [2.45, 2.75) is 311 Å². The van der Waals surface area contributed by atoms with Crippen LogP contribution in [-0.2, 0) is 104 Å². The number of aliphatic hydroxyl groups excluding tert-OH is 24. The van der Waals surface area contributed by atoms with Crippen molar-refractivity contribution in [2.24, 2.45) is 0 Å². The van der Waals surface area contributed by atoms with Crippen LogP contribution in [0.3, 0.4) is 0 Å². The van der Waals surface area contributed by atoms with Crippen molar-refractivity contribution >= 4 is 29.5 Å². The lowest BCUT2D eigenvalue weighted by Crippen LogP contribution is -2.71. The van der Waals surface area contributed by atoms with Crippen molar-refractivity contribution in [3.8, 4) is 0 Å². The van der Waals surface area contributed by atoms with E-state index < -0.39 is 365 Å². The van der Waals surface area contributed by atoms with Gasteiger partial charge in [-0.1, -0.05) is 0 Å². The van der Waals surface area contributed by atoms with Crippen LogP contribution >= 0.6 is 0 Å². The molecule has 1 unspecified atom stereocenters. The first-order valence-corrected chi connectivity index (χ1v) is 36.6. The maximum absolute atomic E-state index is 13.3. The first-order valence-electron chi connectivity index (χ1n) is 36.6. The molecule has 9 saturated heterocycles. The van der Waals surface area contributed by atoms with Crippen LogP contribution in [-0.4, -0.2) is 488 Å². The van der Waals surface area contributed by atoms with Crippen molar-refractivity contribution in [3.63, 3.8) is 0 Å². The minimum absolute atomic E-state index is 0.806. The molecule has 5 amide bonds. The van der Waals surface area contributed by atoms with Crippen molar-refractivity contribution < 1.29 is 227 Å². The third-order valence-corrected chi connectivity index (χ3v) is 20.8. The lowest BCUT2D eigenvalue weighted by molar-refractivity contribution is -0.408. The second-order valence-electron chi connectivity index (χ2n) is 28.9. The van der Waals surface area contributed by atoms with Gasteiger partial charge in [-0.3, -0.25) is 24.0 Å². The summed E-state index contributed by atoms with van der Waals surface area (Å²) >= 11 is 0. The molecule has 29 N–H and O–H groups in total. The van der Waals surface area contributed by atoms with Gasteiger partial charge in [0.1, 0.15) is 219 Å². The van der Waals surface area contributed by atoms with Crippen molar-refractivity contribution in [2.75, 3.05) is 59.5 Å². The highest BCUT2D eigenvalue weighted by Gasteiger charge is 2.62. The number of aliphatic hydroxyl groups is 24. The molecule has 0 spiro atoms. The number of carbonyl (C=O) groups is 5. The molecule has 0 aromatic carbocycles. The van der Waals surface area contributed by atoms with Crippen molar-refractivity contribution in [1.82, 2.24) is 26.6 Å². The summed E-state index contributed by atoms with van der Waals surface area (Å²) < 4.78 is 103. The molecule has 0 bridgehead atoms. The maximum atomic E-state index is 13.3. The Balaban J connectivity index is 1.17. The standard InChI is InChI=1S/C64H107N5O46/c1-15(78)65-29-41(90)49(25(11-75)100-56(29)98)109-59-32(68-18(4)81)42(91)51(27(13-77)106-59)111-62-48(97)53(113-64-55(46(95)38(87)24(10-74)105-64)115-60-33(69-19(5)82)43(92)50(26(12-76)107-60)110-61-47(96)44(93)36(85)22(8-72)103-61)52(112-57-30(66-16(2)79)39(88)34(83)20(6-70)101-57)28(108-62)14-99-63-54(45(94)37(86)23(9-73)104-63)114-58-31(67-17(3)80)40(89)35(84)21(7-71)102-58/h20-64,70-77,83-98H,6-14H2,1-5H3,(H,65,78)(H,66,79)(H,67,80)(H,68,81)(H,69,82)/t20-,21-,22-,23-,24-,25-,26-,27-,28-,29-,30-,31-,32-,33-,34-,35-,36+,37-,38-,39-,40-,41-,42-,43-,44+,45+,46+,47-,48+,49-,50-,51-,52-,53-,54+,55+,56?,57+,58+,59+,60+,61+,62-,63+,64-/m1/s1. The van der Waals surface area contributed by atoms with E-state index in [0.29, 0.717) is 0 Å². The highest BCUT2D eigenvalue weighted by Crippen LogP contribution is 2.41. The molecule has 0 aliphatic carbocycles. The van der Waals surface area contributed by atoms with Crippen LogP contribution < -0.4 is 26.6 Å². The van der Waals surface area contributed by atoms with Crippen LogP contribution in [0.4, 0.5) is 0 Å². The predicted molar refractivity (Wildman–Crippen MR) is 355 cm³/mol. The molecule has 51 nitrogen and oxygen atoms in total. The second-order valence-corrected chi connectivity index (χ2v) is 28.9. The summed E-state index contributed by atoms with van der Waals surface area (Å²) in [5.41, 5.74) is 0. The molecule has 0 aromatic heterocycles. The number of carbonyl (C=O) groups excluding carboxylic acids is 5. The fourth-order valence-electron chi connectivity index (χ4n) is 14.9. The Labute approximate surface area is 651 Å². The summed E-state index contributed by atoms with van der Waals surface area (Å²) in [6, 6.07) is -9.49. The van der Waals surface area contributed by atoms with Crippen molar-refractivity contribution in [1.29, 1.82) is 0 Å². The van der Waals surface area contributed by atoms with Gasteiger partial charge in [0.2, 0.25) is 29.5 Å². The summed E-state index contributed by atoms with van der Waals surface area (Å²) in [4.78, 5) is 64.2. The molecule has 9 fully saturated rings. The van der Waals surface area contributed by atoms with Crippen LogP contribution in [0.15, 0.2) is 0 Å². The summed E-state index contributed by atoms with van der Waals surface area (Å²) in [5.74, 6) is -4.64. The Morgan fingerprint density at radius 1 is 0.226 bits per heavy atom. The highest BCUT2D eigenvalue weighted by molar-refractivity contribution is 5.75. The predicted octanol–water partition coefficient (Wildman–Crippen LogP) is -19.9. The van der Waals surface area contributed by atoms with Crippen LogP contribution in [0.2, 0.25) is 0 Å². The minimum atomic E-state index is -2.72. The average molecular weight is 1680 g/mol. The van der Waals surface area contributed by atoms with E-state index in [9.17, 15) is 147 Å². The Bertz CT molecular complexity index is 3100. The zero-order valence-corrected chi connectivity index (χ0v) is 62.1. The molecule has 45 atom stereocenters. The number of rotatable bonds is 30. The molecular formula is C64H107N5O46. The normalized spacial score (nSPS) is 47.9. The minimum Gasteiger partial charge on any atom is -0.394 e. The number of hydrogen-bond donors (Lipinski definition) is 29. The van der Waals surface area contributed by atoms with Gasteiger partial charge >= 0.3 is 0 Å².